The number of carboxylic acid groups (broad SMARTS) is 1. The van der Waals surface area contributed by atoms with E-state index in [1.165, 1.54) is 19.2 Å². The fourth-order valence-corrected chi connectivity index (χ4v) is 2.79. The molecule has 2 N–H and O–H groups in total. The number of hydrogen-bond donors (Lipinski definition) is 2. The maximum atomic E-state index is 12.3. The lowest BCUT2D eigenvalue weighted by atomic mass is 9.73. The van der Waals surface area contributed by atoms with Crippen LogP contribution in [0, 0.1) is 5.92 Å². The largest absolute Gasteiger partial charge is 0.479 e. The Hall–Kier alpha value is -2.18. The molecular formula is C14H19N3O4. The summed E-state index contributed by atoms with van der Waals surface area (Å²) in [5, 5.41) is 16.0. The van der Waals surface area contributed by atoms with E-state index >= 15 is 0 Å². The molecule has 1 fully saturated rings. The number of hydrogen-bond acceptors (Lipinski definition) is 4. The molecule has 1 heterocycles. The van der Waals surface area contributed by atoms with E-state index in [4.69, 9.17) is 0 Å². The molecule has 0 aromatic carbocycles. The Balaban J connectivity index is 2.28. The fourth-order valence-electron chi connectivity index (χ4n) is 2.79. The first-order valence-corrected chi connectivity index (χ1v) is 6.97. The second kappa shape index (κ2) is 5.67. The number of carboxylic acids is 1. The van der Waals surface area contributed by atoms with Crippen molar-refractivity contribution in [1.29, 1.82) is 0 Å². The number of aliphatic carboxylic acids is 1. The number of carbonyl (C=O) groups excluding carboxylic acids is 1. The van der Waals surface area contributed by atoms with Crippen molar-refractivity contribution in [2.45, 2.75) is 38.1 Å². The second-order valence-electron chi connectivity index (χ2n) is 5.56. The smallest absolute Gasteiger partial charge is 0.329 e. The number of carbonyl (C=O) groups is 2. The van der Waals surface area contributed by atoms with Gasteiger partial charge in [-0.05, 0) is 24.8 Å². The highest BCUT2D eigenvalue weighted by Gasteiger charge is 2.46. The Labute approximate surface area is 122 Å². The minimum absolute atomic E-state index is 0.0375. The first-order valence-electron chi connectivity index (χ1n) is 6.97. The molecule has 2 atom stereocenters. The third-order valence-electron chi connectivity index (χ3n) is 4.21. The van der Waals surface area contributed by atoms with Crippen molar-refractivity contribution in [3.63, 3.8) is 0 Å². The highest BCUT2D eigenvalue weighted by atomic mass is 16.4. The number of aromatic nitrogens is 2. The summed E-state index contributed by atoms with van der Waals surface area (Å²) in [4.78, 5) is 35.2. The molecule has 1 saturated carbocycles. The Morgan fingerprint density at radius 1 is 1.43 bits per heavy atom. The molecule has 1 aromatic heterocycles. The molecule has 1 aromatic rings. The predicted molar refractivity (Wildman–Crippen MR) is 74.9 cm³/mol. The lowest BCUT2D eigenvalue weighted by molar-refractivity contribution is -0.148. The SMILES string of the molecule is CC1CCCCC1(NC(=O)c1ccc(=O)n(C)n1)C(=O)O. The van der Waals surface area contributed by atoms with Crippen LogP contribution in [0.2, 0.25) is 0 Å². The summed E-state index contributed by atoms with van der Waals surface area (Å²) in [6.45, 7) is 1.84. The molecule has 2 unspecified atom stereocenters. The first-order chi connectivity index (χ1) is 9.86. The summed E-state index contributed by atoms with van der Waals surface area (Å²) in [6, 6.07) is 2.54. The van der Waals surface area contributed by atoms with Gasteiger partial charge in [-0.2, -0.15) is 5.10 Å². The second-order valence-corrected chi connectivity index (χ2v) is 5.56. The molecule has 0 aliphatic heterocycles. The van der Waals surface area contributed by atoms with E-state index in [9.17, 15) is 19.5 Å². The van der Waals surface area contributed by atoms with Gasteiger partial charge >= 0.3 is 5.97 Å². The van der Waals surface area contributed by atoms with Crippen LogP contribution in [0.25, 0.3) is 0 Å². The van der Waals surface area contributed by atoms with E-state index in [0.717, 1.165) is 23.9 Å². The highest BCUT2D eigenvalue weighted by Crippen LogP contribution is 2.34. The van der Waals surface area contributed by atoms with Crippen LogP contribution >= 0.6 is 0 Å². The number of aryl methyl sites for hydroxylation is 1. The quantitative estimate of drug-likeness (QED) is 0.847. The Morgan fingerprint density at radius 3 is 2.71 bits per heavy atom. The summed E-state index contributed by atoms with van der Waals surface area (Å²) in [5.41, 5.74) is -1.55. The van der Waals surface area contributed by atoms with Gasteiger partial charge in [0, 0.05) is 13.1 Å². The summed E-state index contributed by atoms with van der Waals surface area (Å²) in [5.74, 6) is -1.74. The standard InChI is InChI=1S/C14H19N3O4/c1-9-5-3-4-8-14(9,13(20)21)15-12(19)10-6-7-11(18)17(2)16-10/h6-7,9H,3-5,8H2,1-2H3,(H,15,19)(H,20,21). The van der Waals surface area contributed by atoms with E-state index in [1.807, 2.05) is 6.92 Å². The summed E-state index contributed by atoms with van der Waals surface area (Å²) < 4.78 is 1.05. The van der Waals surface area contributed by atoms with Crippen molar-refractivity contribution < 1.29 is 14.7 Å². The van der Waals surface area contributed by atoms with Gasteiger partial charge in [0.15, 0.2) is 0 Å². The van der Waals surface area contributed by atoms with E-state index in [2.05, 4.69) is 10.4 Å². The zero-order valence-electron chi connectivity index (χ0n) is 12.1. The molecular weight excluding hydrogens is 274 g/mol. The molecule has 7 nitrogen and oxygen atoms in total. The van der Waals surface area contributed by atoms with Crippen LogP contribution in [-0.2, 0) is 11.8 Å². The predicted octanol–water partition coefficient (Wildman–Crippen LogP) is 0.544. The van der Waals surface area contributed by atoms with Gasteiger partial charge in [0.1, 0.15) is 11.2 Å². The molecule has 2 rings (SSSR count). The number of nitrogens with zero attached hydrogens (tertiary/aromatic N) is 2. The van der Waals surface area contributed by atoms with Gasteiger partial charge in [-0.3, -0.25) is 9.59 Å². The minimum Gasteiger partial charge on any atom is -0.479 e. The Kier molecular flexibility index (Phi) is 4.11. The van der Waals surface area contributed by atoms with Crippen molar-refractivity contribution >= 4 is 11.9 Å². The third-order valence-corrected chi connectivity index (χ3v) is 4.21. The maximum Gasteiger partial charge on any atom is 0.329 e. The van der Waals surface area contributed by atoms with Crippen LogP contribution in [-0.4, -0.2) is 32.3 Å². The van der Waals surface area contributed by atoms with Crippen LogP contribution in [0.5, 0.6) is 0 Å². The summed E-state index contributed by atoms with van der Waals surface area (Å²) in [7, 11) is 1.44. The molecule has 0 saturated heterocycles. The van der Waals surface area contributed by atoms with Gasteiger partial charge in [0.25, 0.3) is 11.5 Å². The molecule has 0 radical (unpaired) electrons. The molecule has 0 bridgehead atoms. The Morgan fingerprint density at radius 2 is 2.14 bits per heavy atom. The monoisotopic (exact) mass is 293 g/mol. The molecule has 0 spiro atoms. The molecule has 21 heavy (non-hydrogen) atoms. The van der Waals surface area contributed by atoms with Crippen molar-refractivity contribution in [2.75, 3.05) is 0 Å². The van der Waals surface area contributed by atoms with E-state index in [0.29, 0.717) is 6.42 Å². The van der Waals surface area contributed by atoms with Crippen LogP contribution < -0.4 is 10.9 Å². The van der Waals surface area contributed by atoms with Gasteiger partial charge < -0.3 is 10.4 Å². The van der Waals surface area contributed by atoms with Crippen LogP contribution in [0.4, 0.5) is 0 Å². The van der Waals surface area contributed by atoms with E-state index in [-0.39, 0.29) is 17.2 Å². The molecule has 1 aliphatic carbocycles. The van der Waals surface area contributed by atoms with Gasteiger partial charge in [-0.25, -0.2) is 9.48 Å². The average Bonchev–Trinajstić information content (AvgIpc) is 2.44. The van der Waals surface area contributed by atoms with Crippen LogP contribution in [0.3, 0.4) is 0 Å². The molecule has 1 amide bonds. The molecule has 114 valence electrons. The fraction of sp³-hybridized carbons (Fsp3) is 0.571. The van der Waals surface area contributed by atoms with Crippen LogP contribution in [0.15, 0.2) is 16.9 Å². The third kappa shape index (κ3) is 2.81. The van der Waals surface area contributed by atoms with Crippen LogP contribution in [0.1, 0.15) is 43.1 Å². The zero-order chi connectivity index (χ0) is 15.6. The molecule has 7 heteroatoms. The first kappa shape index (κ1) is 15.2. The van der Waals surface area contributed by atoms with Gasteiger partial charge in [-0.1, -0.05) is 19.8 Å². The van der Waals surface area contributed by atoms with Crippen molar-refractivity contribution in [1.82, 2.24) is 15.1 Å². The van der Waals surface area contributed by atoms with Crippen molar-refractivity contribution in [3.8, 4) is 0 Å². The highest BCUT2D eigenvalue weighted by molar-refractivity contribution is 5.96. The zero-order valence-corrected chi connectivity index (χ0v) is 12.1. The summed E-state index contributed by atoms with van der Waals surface area (Å²) >= 11 is 0. The van der Waals surface area contributed by atoms with Gasteiger partial charge in [0.2, 0.25) is 0 Å². The van der Waals surface area contributed by atoms with E-state index < -0.39 is 17.4 Å². The number of amides is 1. The lowest BCUT2D eigenvalue weighted by Crippen LogP contribution is -2.60. The summed E-state index contributed by atoms with van der Waals surface area (Å²) in [6.07, 6.45) is 2.88. The average molecular weight is 293 g/mol. The topological polar surface area (TPSA) is 101 Å². The van der Waals surface area contributed by atoms with Crippen molar-refractivity contribution in [3.05, 3.63) is 28.2 Å². The van der Waals surface area contributed by atoms with E-state index in [1.54, 1.807) is 0 Å². The molecule has 1 aliphatic rings. The minimum atomic E-state index is -1.26. The van der Waals surface area contributed by atoms with Gasteiger partial charge in [-0.15, -0.1) is 0 Å². The maximum absolute atomic E-state index is 12.3. The normalized spacial score (nSPS) is 25.3. The Bertz CT molecular complexity index is 625. The van der Waals surface area contributed by atoms with Gasteiger partial charge in [0.05, 0.1) is 0 Å². The number of nitrogens with one attached hydrogen (secondary N) is 1. The van der Waals surface area contributed by atoms with Crippen molar-refractivity contribution in [2.24, 2.45) is 13.0 Å². The lowest BCUT2D eigenvalue weighted by Gasteiger charge is -2.39. The number of rotatable bonds is 3.